The Labute approximate surface area is 99.8 Å². The van der Waals surface area contributed by atoms with E-state index >= 15 is 0 Å². The molecule has 2 heteroatoms. The molecule has 90 valence electrons. The highest BCUT2D eigenvalue weighted by Gasteiger charge is 2.24. The molecule has 15 heavy (non-hydrogen) atoms. The van der Waals surface area contributed by atoms with Gasteiger partial charge >= 0.3 is 0 Å². The van der Waals surface area contributed by atoms with Crippen LogP contribution in [0.2, 0.25) is 0 Å². The molecule has 1 saturated carbocycles. The molecule has 0 radical (unpaired) electrons. The monoisotopic (exact) mass is 229 g/mol. The zero-order valence-electron chi connectivity index (χ0n) is 10.8. The summed E-state index contributed by atoms with van der Waals surface area (Å²) in [7, 11) is 0. The molecule has 1 rings (SSSR count). The second-order valence-electron chi connectivity index (χ2n) is 5.29. The van der Waals surface area contributed by atoms with Crippen molar-refractivity contribution in [2.75, 3.05) is 12.8 Å². The quantitative estimate of drug-likeness (QED) is 0.774. The van der Waals surface area contributed by atoms with E-state index < -0.39 is 0 Å². The van der Waals surface area contributed by atoms with Crippen molar-refractivity contribution in [1.29, 1.82) is 0 Å². The SMILES string of the molecule is CSC1CCCCC1NCC(C)C(C)C. The van der Waals surface area contributed by atoms with Gasteiger partial charge in [0.05, 0.1) is 0 Å². The van der Waals surface area contributed by atoms with Crippen LogP contribution in [0.5, 0.6) is 0 Å². The van der Waals surface area contributed by atoms with Gasteiger partial charge < -0.3 is 5.32 Å². The summed E-state index contributed by atoms with van der Waals surface area (Å²) in [4.78, 5) is 0. The smallest absolute Gasteiger partial charge is 0.0198 e. The summed E-state index contributed by atoms with van der Waals surface area (Å²) in [6.45, 7) is 8.19. The van der Waals surface area contributed by atoms with Gasteiger partial charge in [-0.3, -0.25) is 0 Å². The van der Waals surface area contributed by atoms with Crippen LogP contribution in [0.25, 0.3) is 0 Å². The van der Waals surface area contributed by atoms with Gasteiger partial charge in [0, 0.05) is 11.3 Å². The lowest BCUT2D eigenvalue weighted by Gasteiger charge is -2.32. The molecular weight excluding hydrogens is 202 g/mol. The lowest BCUT2D eigenvalue weighted by Crippen LogP contribution is -2.42. The second-order valence-corrected chi connectivity index (χ2v) is 6.37. The second kappa shape index (κ2) is 6.80. The number of hydrogen-bond acceptors (Lipinski definition) is 2. The van der Waals surface area contributed by atoms with E-state index in [9.17, 15) is 0 Å². The van der Waals surface area contributed by atoms with Crippen LogP contribution in [-0.2, 0) is 0 Å². The highest BCUT2D eigenvalue weighted by Crippen LogP contribution is 2.27. The topological polar surface area (TPSA) is 12.0 Å². The molecule has 0 bridgehead atoms. The molecule has 0 amide bonds. The molecular formula is C13H27NS. The Hall–Kier alpha value is 0.310. The van der Waals surface area contributed by atoms with E-state index in [-0.39, 0.29) is 0 Å². The number of nitrogens with one attached hydrogen (secondary N) is 1. The van der Waals surface area contributed by atoms with E-state index in [1.165, 1.54) is 32.2 Å². The van der Waals surface area contributed by atoms with E-state index in [4.69, 9.17) is 0 Å². The molecule has 0 aromatic carbocycles. The Kier molecular flexibility index (Phi) is 6.06. The van der Waals surface area contributed by atoms with Crippen molar-refractivity contribution in [2.24, 2.45) is 11.8 Å². The zero-order valence-corrected chi connectivity index (χ0v) is 11.6. The van der Waals surface area contributed by atoms with Crippen molar-refractivity contribution < 1.29 is 0 Å². The Bertz CT molecular complexity index is 170. The Morgan fingerprint density at radius 2 is 1.87 bits per heavy atom. The van der Waals surface area contributed by atoms with Gasteiger partial charge in [0.1, 0.15) is 0 Å². The van der Waals surface area contributed by atoms with Crippen molar-refractivity contribution in [3.05, 3.63) is 0 Å². The Balaban J connectivity index is 2.29. The summed E-state index contributed by atoms with van der Waals surface area (Å²) in [5.74, 6) is 1.60. The molecule has 0 heterocycles. The predicted octanol–water partition coefficient (Wildman–Crippen LogP) is 3.54. The van der Waals surface area contributed by atoms with Gasteiger partial charge in [0.2, 0.25) is 0 Å². The molecule has 0 saturated heterocycles. The van der Waals surface area contributed by atoms with Crippen molar-refractivity contribution in [3.63, 3.8) is 0 Å². The molecule has 1 aliphatic carbocycles. The van der Waals surface area contributed by atoms with Crippen molar-refractivity contribution >= 4 is 11.8 Å². The molecule has 3 unspecified atom stereocenters. The van der Waals surface area contributed by atoms with Gasteiger partial charge in [-0.25, -0.2) is 0 Å². The molecule has 1 aliphatic rings. The third-order valence-corrected chi connectivity index (χ3v) is 5.02. The maximum Gasteiger partial charge on any atom is 0.0198 e. The molecule has 3 atom stereocenters. The van der Waals surface area contributed by atoms with Crippen molar-refractivity contribution in [1.82, 2.24) is 5.32 Å². The molecule has 0 aliphatic heterocycles. The lowest BCUT2D eigenvalue weighted by atomic mass is 9.93. The summed E-state index contributed by atoms with van der Waals surface area (Å²) >= 11 is 2.05. The number of rotatable bonds is 5. The predicted molar refractivity (Wildman–Crippen MR) is 71.6 cm³/mol. The molecule has 1 N–H and O–H groups in total. The summed E-state index contributed by atoms with van der Waals surface area (Å²) in [6, 6.07) is 0.773. The minimum atomic E-state index is 0.773. The third kappa shape index (κ3) is 4.36. The molecule has 1 fully saturated rings. The molecule has 1 nitrogen and oxygen atoms in total. The van der Waals surface area contributed by atoms with E-state index in [2.05, 4.69) is 44.1 Å². The highest BCUT2D eigenvalue weighted by molar-refractivity contribution is 7.99. The fraction of sp³-hybridized carbons (Fsp3) is 1.00. The molecule has 0 aromatic rings. The van der Waals surface area contributed by atoms with Gasteiger partial charge in [-0.2, -0.15) is 11.8 Å². The summed E-state index contributed by atoms with van der Waals surface area (Å²) < 4.78 is 0. The normalized spacial score (nSPS) is 29.4. The number of thioether (sulfide) groups is 1. The van der Waals surface area contributed by atoms with Crippen LogP contribution < -0.4 is 5.32 Å². The third-order valence-electron chi connectivity index (χ3n) is 3.85. The van der Waals surface area contributed by atoms with Gasteiger partial charge in [-0.1, -0.05) is 33.6 Å². The summed E-state index contributed by atoms with van der Waals surface area (Å²) in [5.41, 5.74) is 0. The minimum absolute atomic E-state index is 0.773. The Morgan fingerprint density at radius 3 is 2.47 bits per heavy atom. The first-order chi connectivity index (χ1) is 7.15. The maximum absolute atomic E-state index is 3.78. The van der Waals surface area contributed by atoms with Crippen LogP contribution in [0.15, 0.2) is 0 Å². The van der Waals surface area contributed by atoms with E-state index in [0.29, 0.717) is 0 Å². The summed E-state index contributed by atoms with van der Waals surface area (Å²) in [5, 5.41) is 4.64. The fourth-order valence-electron chi connectivity index (χ4n) is 2.19. The van der Waals surface area contributed by atoms with E-state index in [1.54, 1.807) is 0 Å². The van der Waals surface area contributed by atoms with Crippen LogP contribution >= 0.6 is 11.8 Å². The minimum Gasteiger partial charge on any atom is -0.313 e. The maximum atomic E-state index is 3.78. The van der Waals surface area contributed by atoms with E-state index in [1.807, 2.05) is 0 Å². The van der Waals surface area contributed by atoms with Crippen LogP contribution in [0.3, 0.4) is 0 Å². The van der Waals surface area contributed by atoms with Crippen molar-refractivity contribution in [3.8, 4) is 0 Å². The standard InChI is InChI=1S/C13H27NS/c1-10(2)11(3)9-14-12-7-5-6-8-13(12)15-4/h10-14H,5-9H2,1-4H3. The fourth-order valence-corrected chi connectivity index (χ4v) is 3.15. The van der Waals surface area contributed by atoms with Crippen LogP contribution in [-0.4, -0.2) is 24.1 Å². The van der Waals surface area contributed by atoms with Gasteiger partial charge in [-0.15, -0.1) is 0 Å². The lowest BCUT2D eigenvalue weighted by molar-refractivity contribution is 0.328. The Morgan fingerprint density at radius 1 is 1.20 bits per heavy atom. The average Bonchev–Trinajstić information content (AvgIpc) is 2.26. The van der Waals surface area contributed by atoms with Crippen LogP contribution in [0.1, 0.15) is 46.5 Å². The van der Waals surface area contributed by atoms with Crippen LogP contribution in [0.4, 0.5) is 0 Å². The van der Waals surface area contributed by atoms with Gasteiger partial charge in [-0.05, 0) is 37.5 Å². The zero-order chi connectivity index (χ0) is 11.3. The first kappa shape index (κ1) is 13.4. The largest absolute Gasteiger partial charge is 0.313 e. The summed E-state index contributed by atoms with van der Waals surface area (Å²) in [6.07, 6.45) is 7.91. The van der Waals surface area contributed by atoms with Gasteiger partial charge in [0.25, 0.3) is 0 Å². The molecule has 0 spiro atoms. The van der Waals surface area contributed by atoms with E-state index in [0.717, 1.165) is 23.1 Å². The van der Waals surface area contributed by atoms with Crippen LogP contribution in [0, 0.1) is 11.8 Å². The first-order valence-corrected chi connectivity index (χ1v) is 7.70. The molecule has 0 aromatic heterocycles. The highest BCUT2D eigenvalue weighted by atomic mass is 32.2. The first-order valence-electron chi connectivity index (χ1n) is 6.41. The average molecular weight is 229 g/mol. The number of hydrogen-bond donors (Lipinski definition) is 1. The van der Waals surface area contributed by atoms with Gasteiger partial charge in [0.15, 0.2) is 0 Å². The van der Waals surface area contributed by atoms with Crippen molar-refractivity contribution in [2.45, 2.75) is 57.7 Å².